The summed E-state index contributed by atoms with van der Waals surface area (Å²) in [5, 5.41) is 0. The molecule has 6 heteroatoms. The number of aldehydes is 1. The molecule has 0 aromatic heterocycles. The summed E-state index contributed by atoms with van der Waals surface area (Å²) < 4.78 is 36.6. The van der Waals surface area contributed by atoms with Crippen molar-refractivity contribution in [2.45, 2.75) is 6.18 Å². The van der Waals surface area contributed by atoms with Gasteiger partial charge in [0.1, 0.15) is 0 Å². The molecule has 0 atom stereocenters. The van der Waals surface area contributed by atoms with Crippen LogP contribution in [0.2, 0.25) is 0 Å². The highest BCUT2D eigenvalue weighted by Crippen LogP contribution is 2.38. The lowest BCUT2D eigenvalue weighted by atomic mass is 10.1. The number of alkyl halides is 3. The van der Waals surface area contributed by atoms with Gasteiger partial charge in [0.2, 0.25) is 0 Å². The third-order valence-corrected chi connectivity index (χ3v) is 2.50. The monoisotopic (exact) mass is 267 g/mol. The van der Waals surface area contributed by atoms with E-state index in [2.05, 4.69) is 15.9 Å². The Morgan fingerprint density at radius 2 is 1.93 bits per heavy atom. The van der Waals surface area contributed by atoms with Crippen molar-refractivity contribution in [3.63, 3.8) is 0 Å². The summed E-state index contributed by atoms with van der Waals surface area (Å²) >= 11 is 2.70. The molecule has 2 N–H and O–H groups in total. The molecule has 0 radical (unpaired) electrons. The third-order valence-electron chi connectivity index (χ3n) is 1.65. The summed E-state index contributed by atoms with van der Waals surface area (Å²) in [5.74, 6) is 0. The van der Waals surface area contributed by atoms with Gasteiger partial charge in [-0.15, -0.1) is 0 Å². The number of benzene rings is 1. The van der Waals surface area contributed by atoms with Crippen molar-refractivity contribution < 1.29 is 18.0 Å². The predicted octanol–water partition coefficient (Wildman–Crippen LogP) is 2.86. The van der Waals surface area contributed by atoms with Gasteiger partial charge in [-0.25, -0.2) is 0 Å². The van der Waals surface area contributed by atoms with E-state index in [9.17, 15) is 18.0 Å². The Hall–Kier alpha value is -1.04. The molecule has 0 spiro atoms. The van der Waals surface area contributed by atoms with Gasteiger partial charge in [-0.3, -0.25) is 4.79 Å². The summed E-state index contributed by atoms with van der Waals surface area (Å²) in [6.45, 7) is 0. The van der Waals surface area contributed by atoms with E-state index in [4.69, 9.17) is 5.73 Å². The van der Waals surface area contributed by atoms with Gasteiger partial charge in [-0.05, 0) is 28.1 Å². The van der Waals surface area contributed by atoms with Crippen molar-refractivity contribution in [1.29, 1.82) is 0 Å². The smallest absolute Gasteiger partial charge is 0.397 e. The zero-order valence-electron chi connectivity index (χ0n) is 6.73. The van der Waals surface area contributed by atoms with E-state index >= 15 is 0 Å². The molecule has 0 bridgehead atoms. The van der Waals surface area contributed by atoms with Crippen LogP contribution in [0.3, 0.4) is 0 Å². The second kappa shape index (κ2) is 3.61. The van der Waals surface area contributed by atoms with E-state index in [-0.39, 0.29) is 15.7 Å². The minimum absolute atomic E-state index is 0.0323. The summed E-state index contributed by atoms with van der Waals surface area (Å²) in [5.41, 5.74) is 4.26. The molecule has 0 saturated heterocycles. The summed E-state index contributed by atoms with van der Waals surface area (Å²) in [6, 6.07) is 1.85. The van der Waals surface area contributed by atoms with Crippen LogP contribution < -0.4 is 5.73 Å². The molecule has 1 aromatic rings. The van der Waals surface area contributed by atoms with Gasteiger partial charge >= 0.3 is 6.18 Å². The second-order valence-electron chi connectivity index (χ2n) is 2.55. The zero-order chi connectivity index (χ0) is 10.9. The van der Waals surface area contributed by atoms with Crippen molar-refractivity contribution in [1.82, 2.24) is 0 Å². The summed E-state index contributed by atoms with van der Waals surface area (Å²) in [7, 11) is 0. The molecular weight excluding hydrogens is 263 g/mol. The molecule has 0 aliphatic carbocycles. The van der Waals surface area contributed by atoms with Gasteiger partial charge in [-0.1, -0.05) is 0 Å². The Morgan fingerprint density at radius 3 is 2.36 bits per heavy atom. The number of hydrogen-bond acceptors (Lipinski definition) is 2. The minimum atomic E-state index is -4.48. The molecule has 0 aliphatic heterocycles. The fraction of sp³-hybridized carbons (Fsp3) is 0.125. The van der Waals surface area contributed by atoms with Gasteiger partial charge in [0.15, 0.2) is 6.29 Å². The maximum absolute atomic E-state index is 12.3. The number of nitrogens with two attached hydrogens (primary N) is 1. The summed E-state index contributed by atoms with van der Waals surface area (Å²) in [4.78, 5) is 10.4. The first-order chi connectivity index (χ1) is 6.38. The first kappa shape index (κ1) is 11.0. The number of carbonyl (C=O) groups excluding carboxylic acids is 1. The quantitative estimate of drug-likeness (QED) is 0.628. The Balaban J connectivity index is 3.38. The molecule has 2 nitrogen and oxygen atoms in total. The van der Waals surface area contributed by atoms with Crippen molar-refractivity contribution in [3.8, 4) is 0 Å². The highest BCUT2D eigenvalue weighted by Gasteiger charge is 2.33. The molecule has 0 amide bonds. The topological polar surface area (TPSA) is 43.1 Å². The minimum Gasteiger partial charge on any atom is -0.397 e. The molecule has 1 rings (SSSR count). The molecule has 0 unspecified atom stereocenters. The number of nitrogen functional groups attached to an aromatic ring is 1. The van der Waals surface area contributed by atoms with Gasteiger partial charge in [-0.2, -0.15) is 13.2 Å². The van der Waals surface area contributed by atoms with E-state index in [0.717, 1.165) is 12.1 Å². The van der Waals surface area contributed by atoms with Crippen LogP contribution in [0.4, 0.5) is 18.9 Å². The lowest BCUT2D eigenvalue weighted by Gasteiger charge is -2.11. The van der Waals surface area contributed by atoms with Crippen molar-refractivity contribution in [2.24, 2.45) is 0 Å². The molecule has 14 heavy (non-hydrogen) atoms. The molecule has 0 saturated carbocycles. The largest absolute Gasteiger partial charge is 0.417 e. The second-order valence-corrected chi connectivity index (χ2v) is 3.34. The van der Waals surface area contributed by atoms with Crippen LogP contribution in [0.1, 0.15) is 15.9 Å². The normalized spacial score (nSPS) is 11.4. The maximum Gasteiger partial charge on any atom is 0.417 e. The first-order valence-corrected chi connectivity index (χ1v) is 4.27. The van der Waals surface area contributed by atoms with Crippen LogP contribution >= 0.6 is 15.9 Å². The molecule has 1 aromatic carbocycles. The average Bonchev–Trinajstić information content (AvgIpc) is 2.07. The standard InChI is InChI=1S/C8H5BrF3NO/c9-6-5(8(10,11)12)2-1-4(3-14)7(6)13/h1-3H,13H2. The number of anilines is 1. The number of halogens is 4. The number of hydrogen-bond donors (Lipinski definition) is 1. The van der Waals surface area contributed by atoms with Crippen molar-refractivity contribution >= 4 is 27.9 Å². The molecular formula is C8H5BrF3NO. The van der Waals surface area contributed by atoms with E-state index in [1.807, 2.05) is 0 Å². The highest BCUT2D eigenvalue weighted by atomic mass is 79.9. The highest BCUT2D eigenvalue weighted by molar-refractivity contribution is 9.10. The number of rotatable bonds is 1. The van der Waals surface area contributed by atoms with Crippen LogP contribution in [0.25, 0.3) is 0 Å². The van der Waals surface area contributed by atoms with Gasteiger partial charge in [0, 0.05) is 5.56 Å². The van der Waals surface area contributed by atoms with Crippen molar-refractivity contribution in [2.75, 3.05) is 5.73 Å². The van der Waals surface area contributed by atoms with Crippen molar-refractivity contribution in [3.05, 3.63) is 27.7 Å². The first-order valence-electron chi connectivity index (χ1n) is 3.48. The van der Waals surface area contributed by atoms with Gasteiger partial charge < -0.3 is 5.73 Å². The molecule has 0 fully saturated rings. The maximum atomic E-state index is 12.3. The fourth-order valence-corrected chi connectivity index (χ4v) is 1.52. The van der Waals surface area contributed by atoms with Crippen LogP contribution in [0, 0.1) is 0 Å². The van der Waals surface area contributed by atoms with E-state index < -0.39 is 11.7 Å². The lowest BCUT2D eigenvalue weighted by Crippen LogP contribution is -2.08. The Kier molecular flexibility index (Phi) is 2.84. The third kappa shape index (κ3) is 1.89. The fourth-order valence-electron chi connectivity index (χ4n) is 0.930. The van der Waals surface area contributed by atoms with Gasteiger partial charge in [0.25, 0.3) is 0 Å². The van der Waals surface area contributed by atoms with E-state index in [1.165, 1.54) is 0 Å². The Morgan fingerprint density at radius 1 is 1.36 bits per heavy atom. The molecule has 0 aliphatic rings. The molecule has 76 valence electrons. The van der Waals surface area contributed by atoms with Crippen LogP contribution in [0.15, 0.2) is 16.6 Å². The van der Waals surface area contributed by atoms with Crippen LogP contribution in [0.5, 0.6) is 0 Å². The Labute approximate surface area is 86.0 Å². The van der Waals surface area contributed by atoms with E-state index in [0.29, 0.717) is 6.29 Å². The SMILES string of the molecule is Nc1c(C=O)ccc(C(F)(F)F)c1Br. The lowest BCUT2D eigenvalue weighted by molar-refractivity contribution is -0.138. The summed E-state index contributed by atoms with van der Waals surface area (Å²) in [6.07, 6.45) is -4.07. The van der Waals surface area contributed by atoms with Crippen LogP contribution in [-0.2, 0) is 6.18 Å². The average molecular weight is 268 g/mol. The van der Waals surface area contributed by atoms with E-state index in [1.54, 1.807) is 0 Å². The Bertz CT molecular complexity index is 376. The zero-order valence-corrected chi connectivity index (χ0v) is 8.32. The van der Waals surface area contributed by atoms with Crippen LogP contribution in [-0.4, -0.2) is 6.29 Å². The predicted molar refractivity (Wildman–Crippen MR) is 48.9 cm³/mol. The number of carbonyl (C=O) groups is 1. The van der Waals surface area contributed by atoms with Gasteiger partial charge in [0.05, 0.1) is 15.7 Å². The molecule has 0 heterocycles.